The molecule has 2 fully saturated rings. The normalized spacial score (nSPS) is 21.1. The molecule has 0 amide bonds. The fourth-order valence-electron chi connectivity index (χ4n) is 2.36. The van der Waals surface area contributed by atoms with Gasteiger partial charge in [-0.05, 0) is 18.9 Å². The van der Waals surface area contributed by atoms with Crippen molar-refractivity contribution in [1.82, 2.24) is 24.8 Å². The van der Waals surface area contributed by atoms with Gasteiger partial charge in [0.15, 0.2) is 5.82 Å². The van der Waals surface area contributed by atoms with Crippen LogP contribution in [-0.2, 0) is 6.54 Å². The van der Waals surface area contributed by atoms with Gasteiger partial charge in [-0.1, -0.05) is 5.16 Å². The summed E-state index contributed by atoms with van der Waals surface area (Å²) in [5.74, 6) is 2.18. The SMILES string of the molecule is c1cnn(C2CN(Cc3noc(C4CC4)n3)C2)c1. The van der Waals surface area contributed by atoms with Crippen LogP contribution < -0.4 is 0 Å². The second-order valence-corrected chi connectivity index (χ2v) is 5.16. The number of aromatic nitrogens is 4. The lowest BCUT2D eigenvalue weighted by atomic mass is 10.1. The van der Waals surface area contributed by atoms with E-state index in [1.165, 1.54) is 12.8 Å². The van der Waals surface area contributed by atoms with Crippen molar-refractivity contribution in [3.05, 3.63) is 30.2 Å². The first-order valence-corrected chi connectivity index (χ1v) is 6.42. The van der Waals surface area contributed by atoms with Crippen molar-refractivity contribution in [3.63, 3.8) is 0 Å². The first kappa shape index (κ1) is 10.3. The Morgan fingerprint density at radius 2 is 2.22 bits per heavy atom. The van der Waals surface area contributed by atoms with Crippen molar-refractivity contribution < 1.29 is 4.52 Å². The summed E-state index contributed by atoms with van der Waals surface area (Å²) in [6, 6.07) is 2.46. The zero-order valence-corrected chi connectivity index (χ0v) is 10.1. The molecule has 0 atom stereocenters. The van der Waals surface area contributed by atoms with Crippen LogP contribution in [0.1, 0.15) is 36.5 Å². The molecule has 1 saturated heterocycles. The topological polar surface area (TPSA) is 60.0 Å². The van der Waals surface area contributed by atoms with Crippen molar-refractivity contribution in [3.8, 4) is 0 Å². The molecule has 2 aromatic rings. The smallest absolute Gasteiger partial charge is 0.229 e. The maximum Gasteiger partial charge on any atom is 0.229 e. The van der Waals surface area contributed by atoms with Crippen LogP contribution in [0.4, 0.5) is 0 Å². The van der Waals surface area contributed by atoms with Gasteiger partial charge >= 0.3 is 0 Å². The molecule has 18 heavy (non-hydrogen) atoms. The van der Waals surface area contributed by atoms with Gasteiger partial charge in [0.2, 0.25) is 5.89 Å². The van der Waals surface area contributed by atoms with E-state index in [1.807, 2.05) is 23.1 Å². The largest absolute Gasteiger partial charge is 0.339 e. The van der Waals surface area contributed by atoms with E-state index in [4.69, 9.17) is 4.52 Å². The predicted octanol–water partition coefficient (Wildman–Crippen LogP) is 1.20. The first-order chi connectivity index (χ1) is 8.88. The molecule has 0 N–H and O–H groups in total. The van der Waals surface area contributed by atoms with Gasteiger partial charge < -0.3 is 4.52 Å². The molecule has 6 nitrogen and oxygen atoms in total. The van der Waals surface area contributed by atoms with E-state index in [0.29, 0.717) is 12.0 Å². The van der Waals surface area contributed by atoms with Gasteiger partial charge in [-0.15, -0.1) is 0 Å². The van der Waals surface area contributed by atoms with Gasteiger partial charge in [-0.25, -0.2) is 0 Å². The number of rotatable bonds is 4. The summed E-state index contributed by atoms with van der Waals surface area (Å²) in [5.41, 5.74) is 0. The zero-order valence-electron chi connectivity index (χ0n) is 10.1. The Hall–Kier alpha value is -1.69. The van der Waals surface area contributed by atoms with Crippen molar-refractivity contribution in [2.45, 2.75) is 31.3 Å². The minimum atomic E-state index is 0.495. The molecular formula is C12H15N5O. The minimum Gasteiger partial charge on any atom is -0.339 e. The third-order valence-corrected chi connectivity index (χ3v) is 3.61. The molecule has 94 valence electrons. The van der Waals surface area contributed by atoms with E-state index >= 15 is 0 Å². The van der Waals surface area contributed by atoms with E-state index in [0.717, 1.165) is 31.3 Å². The van der Waals surface area contributed by atoms with Crippen LogP contribution in [0, 0.1) is 0 Å². The van der Waals surface area contributed by atoms with Crippen molar-refractivity contribution in [2.24, 2.45) is 0 Å². The average molecular weight is 245 g/mol. The number of likely N-dealkylation sites (tertiary alicyclic amines) is 1. The Morgan fingerprint density at radius 1 is 1.33 bits per heavy atom. The Labute approximate surface area is 105 Å². The zero-order chi connectivity index (χ0) is 11.9. The fourth-order valence-corrected chi connectivity index (χ4v) is 2.36. The minimum absolute atomic E-state index is 0.495. The first-order valence-electron chi connectivity index (χ1n) is 6.42. The summed E-state index contributed by atoms with van der Waals surface area (Å²) in [5, 5.41) is 8.29. The molecule has 0 aromatic carbocycles. The monoisotopic (exact) mass is 245 g/mol. The van der Waals surface area contributed by atoms with Crippen molar-refractivity contribution in [1.29, 1.82) is 0 Å². The highest BCUT2D eigenvalue weighted by Gasteiger charge is 2.32. The number of hydrogen-bond donors (Lipinski definition) is 0. The quantitative estimate of drug-likeness (QED) is 0.810. The lowest BCUT2D eigenvalue weighted by Gasteiger charge is -2.38. The molecule has 1 saturated carbocycles. The summed E-state index contributed by atoms with van der Waals surface area (Å²) in [4.78, 5) is 6.75. The van der Waals surface area contributed by atoms with Gasteiger partial charge in [0.25, 0.3) is 0 Å². The number of nitrogens with zero attached hydrogens (tertiary/aromatic N) is 5. The summed E-state index contributed by atoms with van der Waals surface area (Å²) in [6.45, 7) is 2.80. The molecule has 4 rings (SSSR count). The van der Waals surface area contributed by atoms with Gasteiger partial charge in [0.05, 0.1) is 12.6 Å². The van der Waals surface area contributed by atoms with Crippen LogP contribution in [0.2, 0.25) is 0 Å². The molecule has 0 bridgehead atoms. The molecule has 1 aliphatic heterocycles. The molecule has 0 radical (unpaired) electrons. The molecule has 1 aliphatic carbocycles. The second-order valence-electron chi connectivity index (χ2n) is 5.16. The van der Waals surface area contributed by atoms with Gasteiger partial charge in [0, 0.05) is 31.4 Å². The van der Waals surface area contributed by atoms with E-state index < -0.39 is 0 Å². The Bertz CT molecular complexity index is 524. The fraction of sp³-hybridized carbons (Fsp3) is 0.583. The maximum absolute atomic E-state index is 5.25. The van der Waals surface area contributed by atoms with Crippen LogP contribution >= 0.6 is 0 Å². The molecular weight excluding hydrogens is 230 g/mol. The maximum atomic E-state index is 5.25. The lowest BCUT2D eigenvalue weighted by Crippen LogP contribution is -2.47. The molecule has 0 spiro atoms. The average Bonchev–Trinajstić information content (AvgIpc) is 2.87. The highest BCUT2D eigenvalue weighted by molar-refractivity contribution is 5.02. The Balaban J connectivity index is 1.33. The van der Waals surface area contributed by atoms with Crippen LogP contribution in [-0.4, -0.2) is 37.9 Å². The molecule has 0 unspecified atom stereocenters. The molecule has 2 aromatic heterocycles. The second kappa shape index (κ2) is 3.91. The highest BCUT2D eigenvalue weighted by atomic mass is 16.5. The predicted molar refractivity (Wildman–Crippen MR) is 62.8 cm³/mol. The lowest BCUT2D eigenvalue weighted by molar-refractivity contribution is 0.0872. The molecule has 3 heterocycles. The van der Waals surface area contributed by atoms with E-state index in [-0.39, 0.29) is 0 Å². The van der Waals surface area contributed by atoms with Gasteiger partial charge in [0.1, 0.15) is 0 Å². The van der Waals surface area contributed by atoms with Gasteiger partial charge in [-0.3, -0.25) is 9.58 Å². The van der Waals surface area contributed by atoms with Crippen molar-refractivity contribution in [2.75, 3.05) is 13.1 Å². The van der Waals surface area contributed by atoms with Crippen LogP contribution in [0.3, 0.4) is 0 Å². The third kappa shape index (κ3) is 1.82. The molecule has 2 aliphatic rings. The van der Waals surface area contributed by atoms with Crippen molar-refractivity contribution >= 4 is 0 Å². The summed E-state index contributed by atoms with van der Waals surface area (Å²) < 4.78 is 7.27. The summed E-state index contributed by atoms with van der Waals surface area (Å²) in [6.07, 6.45) is 6.24. The Morgan fingerprint density at radius 3 is 2.94 bits per heavy atom. The van der Waals surface area contributed by atoms with E-state index in [9.17, 15) is 0 Å². The Kier molecular flexibility index (Phi) is 2.23. The van der Waals surface area contributed by atoms with E-state index in [1.54, 1.807) is 0 Å². The summed E-state index contributed by atoms with van der Waals surface area (Å²) in [7, 11) is 0. The van der Waals surface area contributed by atoms with Crippen LogP contribution in [0.25, 0.3) is 0 Å². The number of hydrogen-bond acceptors (Lipinski definition) is 5. The van der Waals surface area contributed by atoms with Crippen LogP contribution in [0.5, 0.6) is 0 Å². The molecule has 6 heteroatoms. The standard InChI is InChI=1S/C12H15N5O/c1-4-13-17(5-1)10-6-16(7-10)8-11-14-12(18-15-11)9-2-3-9/h1,4-5,9-10H,2-3,6-8H2. The third-order valence-electron chi connectivity index (χ3n) is 3.61. The van der Waals surface area contributed by atoms with Gasteiger partial charge in [-0.2, -0.15) is 10.1 Å². The van der Waals surface area contributed by atoms with E-state index in [2.05, 4.69) is 20.1 Å². The highest BCUT2D eigenvalue weighted by Crippen LogP contribution is 2.38. The van der Waals surface area contributed by atoms with Crippen LogP contribution in [0.15, 0.2) is 23.0 Å². The summed E-state index contributed by atoms with van der Waals surface area (Å²) >= 11 is 0.